The molecule has 8 heteroatoms. The van der Waals surface area contributed by atoms with Gasteiger partial charge in [-0.3, -0.25) is 14.7 Å². The van der Waals surface area contributed by atoms with Crippen molar-refractivity contribution in [1.82, 2.24) is 9.88 Å². The SMILES string of the molecule is CCNc1ccc(C(c2cc(CN3CCOc4cccnc4C3)c(C)s2)C(C)(C)C(=O)OCc2ccccc2)c(C)c1N. The van der Waals surface area contributed by atoms with Gasteiger partial charge in [0, 0.05) is 48.0 Å². The molecule has 2 aromatic carbocycles. The smallest absolute Gasteiger partial charge is 0.312 e. The van der Waals surface area contributed by atoms with Gasteiger partial charge in [-0.05, 0) is 81.1 Å². The largest absolute Gasteiger partial charge is 0.490 e. The Balaban J connectivity index is 1.48. The Kier molecular flexibility index (Phi) is 9.37. The summed E-state index contributed by atoms with van der Waals surface area (Å²) >= 11 is 1.75. The van der Waals surface area contributed by atoms with Gasteiger partial charge in [0.25, 0.3) is 0 Å². The van der Waals surface area contributed by atoms with Gasteiger partial charge in [-0.25, -0.2) is 0 Å². The second kappa shape index (κ2) is 13.2. The van der Waals surface area contributed by atoms with Gasteiger partial charge in [-0.2, -0.15) is 0 Å². The number of aromatic nitrogens is 1. The number of anilines is 2. The zero-order valence-corrected chi connectivity index (χ0v) is 26.6. The summed E-state index contributed by atoms with van der Waals surface area (Å²) in [5.41, 5.74) is 12.6. The molecule has 3 heterocycles. The number of carbonyl (C=O) groups is 1. The number of nitrogens with two attached hydrogens (primary N) is 1. The molecule has 2 aromatic heterocycles. The topological polar surface area (TPSA) is 89.7 Å². The molecule has 226 valence electrons. The van der Waals surface area contributed by atoms with Crippen LogP contribution in [0.4, 0.5) is 11.4 Å². The van der Waals surface area contributed by atoms with Crippen LogP contribution in [-0.4, -0.2) is 35.5 Å². The number of nitrogen functional groups attached to an aromatic ring is 1. The van der Waals surface area contributed by atoms with Crippen LogP contribution in [0, 0.1) is 19.3 Å². The molecule has 0 bridgehead atoms. The van der Waals surface area contributed by atoms with Crippen molar-refractivity contribution in [2.45, 2.75) is 60.2 Å². The molecule has 43 heavy (non-hydrogen) atoms. The fourth-order valence-corrected chi connectivity index (χ4v) is 7.15. The lowest BCUT2D eigenvalue weighted by atomic mass is 9.72. The van der Waals surface area contributed by atoms with E-state index >= 15 is 0 Å². The molecule has 0 saturated heterocycles. The third kappa shape index (κ3) is 6.71. The van der Waals surface area contributed by atoms with Crippen LogP contribution in [0.2, 0.25) is 0 Å². The highest BCUT2D eigenvalue weighted by Crippen LogP contribution is 2.48. The minimum Gasteiger partial charge on any atom is -0.490 e. The number of nitrogens with zero attached hydrogens (tertiary/aromatic N) is 2. The molecule has 0 spiro atoms. The zero-order valence-electron chi connectivity index (χ0n) is 25.8. The number of aryl methyl sites for hydroxylation is 1. The number of hydrogen-bond acceptors (Lipinski definition) is 8. The van der Waals surface area contributed by atoms with Crippen molar-refractivity contribution in [3.8, 4) is 5.75 Å². The van der Waals surface area contributed by atoms with Gasteiger partial charge in [-0.15, -0.1) is 11.3 Å². The quantitative estimate of drug-likeness (QED) is 0.149. The van der Waals surface area contributed by atoms with Crippen molar-refractivity contribution in [3.05, 3.63) is 105 Å². The molecule has 1 aliphatic heterocycles. The highest BCUT2D eigenvalue weighted by molar-refractivity contribution is 7.12. The number of benzene rings is 2. The maximum atomic E-state index is 13.9. The summed E-state index contributed by atoms with van der Waals surface area (Å²) in [4.78, 5) is 23.2. The third-order valence-corrected chi connectivity index (χ3v) is 9.46. The maximum Gasteiger partial charge on any atom is 0.312 e. The number of ether oxygens (including phenoxy) is 2. The lowest BCUT2D eigenvalue weighted by Gasteiger charge is -2.33. The molecule has 0 aliphatic carbocycles. The van der Waals surface area contributed by atoms with Crippen molar-refractivity contribution in [3.63, 3.8) is 0 Å². The van der Waals surface area contributed by atoms with Crippen LogP contribution in [0.1, 0.15) is 64.4 Å². The van der Waals surface area contributed by atoms with E-state index in [-0.39, 0.29) is 18.5 Å². The van der Waals surface area contributed by atoms with Crippen LogP contribution < -0.4 is 15.8 Å². The van der Waals surface area contributed by atoms with Gasteiger partial charge in [0.2, 0.25) is 0 Å². The molecule has 3 N–H and O–H groups in total. The summed E-state index contributed by atoms with van der Waals surface area (Å²) in [6.45, 7) is 14.2. The molecule has 1 unspecified atom stereocenters. The van der Waals surface area contributed by atoms with Crippen LogP contribution in [-0.2, 0) is 29.2 Å². The number of esters is 1. The average Bonchev–Trinajstić information content (AvgIpc) is 3.21. The molecule has 1 aliphatic rings. The van der Waals surface area contributed by atoms with E-state index in [9.17, 15) is 4.79 Å². The molecule has 0 fully saturated rings. The highest BCUT2D eigenvalue weighted by atomic mass is 32.1. The van der Waals surface area contributed by atoms with E-state index in [1.807, 2.05) is 75.5 Å². The fraction of sp³-hybridized carbons (Fsp3) is 0.371. The van der Waals surface area contributed by atoms with E-state index in [1.54, 1.807) is 11.3 Å². The predicted molar refractivity (Wildman–Crippen MR) is 175 cm³/mol. The van der Waals surface area contributed by atoms with E-state index < -0.39 is 5.41 Å². The minimum absolute atomic E-state index is 0.234. The molecular formula is C35H42N4O3S. The van der Waals surface area contributed by atoms with Crippen molar-refractivity contribution < 1.29 is 14.3 Å². The van der Waals surface area contributed by atoms with E-state index in [1.165, 1.54) is 10.4 Å². The van der Waals surface area contributed by atoms with Crippen LogP contribution in [0.15, 0.2) is 66.9 Å². The van der Waals surface area contributed by atoms with Gasteiger partial charge in [0.1, 0.15) is 19.0 Å². The van der Waals surface area contributed by atoms with E-state index in [4.69, 9.17) is 15.2 Å². The number of fused-ring (bicyclic) bond motifs is 1. The number of carbonyl (C=O) groups excluding carboxylic acids is 1. The van der Waals surface area contributed by atoms with Gasteiger partial charge < -0.3 is 20.5 Å². The van der Waals surface area contributed by atoms with Crippen molar-refractivity contribution in [2.75, 3.05) is 30.7 Å². The maximum absolute atomic E-state index is 13.9. The lowest BCUT2D eigenvalue weighted by Crippen LogP contribution is -2.34. The van der Waals surface area contributed by atoms with E-state index in [0.717, 1.165) is 64.9 Å². The number of rotatable bonds is 10. The molecule has 1 atom stereocenters. The monoisotopic (exact) mass is 598 g/mol. The first-order valence-corrected chi connectivity index (χ1v) is 15.7. The lowest BCUT2D eigenvalue weighted by molar-refractivity contribution is -0.156. The van der Waals surface area contributed by atoms with Crippen molar-refractivity contribution in [2.24, 2.45) is 5.41 Å². The van der Waals surface area contributed by atoms with Crippen LogP contribution in [0.25, 0.3) is 0 Å². The molecule has 0 radical (unpaired) electrons. The Morgan fingerprint density at radius 3 is 2.72 bits per heavy atom. The normalized spacial score (nSPS) is 14.3. The molecular weight excluding hydrogens is 556 g/mol. The summed E-state index contributed by atoms with van der Waals surface area (Å²) in [6.07, 6.45) is 1.82. The average molecular weight is 599 g/mol. The Labute approximate surface area is 259 Å². The van der Waals surface area contributed by atoms with Gasteiger partial charge >= 0.3 is 5.97 Å². The Morgan fingerprint density at radius 2 is 1.95 bits per heavy atom. The van der Waals surface area contributed by atoms with E-state index in [2.05, 4.69) is 41.2 Å². The highest BCUT2D eigenvalue weighted by Gasteiger charge is 2.42. The molecule has 0 saturated carbocycles. The first-order chi connectivity index (χ1) is 20.7. The summed E-state index contributed by atoms with van der Waals surface area (Å²) in [5.74, 6) is 0.369. The predicted octanol–water partition coefficient (Wildman–Crippen LogP) is 7.07. The second-order valence-electron chi connectivity index (χ2n) is 11.7. The van der Waals surface area contributed by atoms with Crippen LogP contribution >= 0.6 is 11.3 Å². The summed E-state index contributed by atoms with van der Waals surface area (Å²) in [5, 5.41) is 3.36. The van der Waals surface area contributed by atoms with Crippen LogP contribution in [0.5, 0.6) is 5.75 Å². The summed E-state index contributed by atoms with van der Waals surface area (Å²) in [6, 6.07) is 20.1. The zero-order chi connectivity index (χ0) is 30.6. The molecule has 7 nitrogen and oxygen atoms in total. The summed E-state index contributed by atoms with van der Waals surface area (Å²) in [7, 11) is 0. The molecule has 4 aromatic rings. The Morgan fingerprint density at radius 1 is 1.16 bits per heavy atom. The Bertz CT molecular complexity index is 1570. The molecule has 0 amide bonds. The van der Waals surface area contributed by atoms with Gasteiger partial charge in [0.05, 0.1) is 22.5 Å². The van der Waals surface area contributed by atoms with Crippen molar-refractivity contribution in [1.29, 1.82) is 0 Å². The van der Waals surface area contributed by atoms with Gasteiger partial charge in [0.15, 0.2) is 0 Å². The number of thiophene rings is 1. The number of hydrogen-bond donors (Lipinski definition) is 2. The first-order valence-electron chi connectivity index (χ1n) is 14.9. The Hall–Kier alpha value is -3.88. The minimum atomic E-state index is -0.862. The number of nitrogens with one attached hydrogen (secondary N) is 1. The van der Waals surface area contributed by atoms with Gasteiger partial charge in [-0.1, -0.05) is 36.4 Å². The fourth-order valence-electron chi connectivity index (χ4n) is 5.80. The van der Waals surface area contributed by atoms with Crippen LogP contribution in [0.3, 0.4) is 0 Å². The van der Waals surface area contributed by atoms with Crippen molar-refractivity contribution >= 4 is 28.7 Å². The third-order valence-electron chi connectivity index (χ3n) is 8.30. The first kappa shape index (κ1) is 30.6. The number of pyridine rings is 1. The summed E-state index contributed by atoms with van der Waals surface area (Å²) < 4.78 is 11.9. The standard InChI is InChI=1S/C35H42N4O3S/c1-6-37-28-15-14-27(23(2)33(28)36)32(35(4,5)34(40)42-22-25-11-8-7-9-12-25)31-19-26(24(3)43-31)20-39-17-18-41-30-13-10-16-38-29(30)21-39/h7-16,19,32,37H,6,17-18,20-22,36H2,1-5H3. The van der Waals surface area contributed by atoms with E-state index in [0.29, 0.717) is 12.3 Å². The molecule has 5 rings (SSSR count). The second-order valence-corrected chi connectivity index (χ2v) is 13.0.